The zero-order chi connectivity index (χ0) is 20.1. The van der Waals surface area contributed by atoms with Crippen LogP contribution in [0.4, 0.5) is 0 Å². The van der Waals surface area contributed by atoms with Crippen molar-refractivity contribution in [1.29, 1.82) is 0 Å². The van der Waals surface area contributed by atoms with Crippen LogP contribution >= 0.6 is 23.2 Å². The van der Waals surface area contributed by atoms with Gasteiger partial charge in [0.1, 0.15) is 23.9 Å². The van der Waals surface area contributed by atoms with Crippen molar-refractivity contribution < 1.29 is 24.2 Å². The number of oxazole rings is 1. The number of rotatable bonds is 9. The molecule has 0 aliphatic heterocycles. The fourth-order valence-electron chi connectivity index (χ4n) is 2.57. The van der Waals surface area contributed by atoms with Crippen LogP contribution < -0.4 is 5.32 Å². The van der Waals surface area contributed by atoms with Gasteiger partial charge < -0.3 is 19.9 Å². The third-order valence-electron chi connectivity index (χ3n) is 3.85. The van der Waals surface area contributed by atoms with E-state index in [-0.39, 0.29) is 18.4 Å². The van der Waals surface area contributed by atoms with Crippen LogP contribution in [0.3, 0.4) is 0 Å². The highest BCUT2D eigenvalue weighted by molar-refractivity contribution is 6.35. The Bertz CT molecular complexity index is 802. The van der Waals surface area contributed by atoms with E-state index in [1.807, 2.05) is 13.8 Å². The molecule has 0 aliphatic rings. The Hall–Kier alpha value is -2.09. The molecule has 2 atom stereocenters. The fourth-order valence-corrected chi connectivity index (χ4v) is 3.09. The highest BCUT2D eigenvalue weighted by Crippen LogP contribution is 2.28. The summed E-state index contributed by atoms with van der Waals surface area (Å²) >= 11 is 11.9. The second-order valence-corrected chi connectivity index (χ2v) is 7.42. The van der Waals surface area contributed by atoms with Crippen LogP contribution in [0.25, 0.3) is 11.3 Å². The van der Waals surface area contributed by atoms with E-state index in [9.17, 15) is 19.8 Å². The van der Waals surface area contributed by atoms with Gasteiger partial charge in [-0.1, -0.05) is 37.0 Å². The monoisotopic (exact) mass is 414 g/mol. The van der Waals surface area contributed by atoms with E-state index in [4.69, 9.17) is 27.6 Å². The number of hydrogen-bond acceptors (Lipinski definition) is 5. The zero-order valence-electron chi connectivity index (χ0n) is 14.8. The van der Waals surface area contributed by atoms with Gasteiger partial charge in [-0.05, 0) is 30.5 Å². The molecule has 0 bridgehead atoms. The Morgan fingerprint density at radius 2 is 1.78 bits per heavy atom. The van der Waals surface area contributed by atoms with Crippen molar-refractivity contribution in [2.75, 3.05) is 6.54 Å². The Balaban J connectivity index is 2.19. The van der Waals surface area contributed by atoms with Crippen molar-refractivity contribution in [1.82, 2.24) is 10.3 Å². The van der Waals surface area contributed by atoms with Gasteiger partial charge in [0, 0.05) is 22.2 Å². The molecule has 1 aromatic heterocycles. The highest BCUT2D eigenvalue weighted by atomic mass is 35.5. The molecule has 2 aromatic rings. The average Bonchev–Trinajstić information content (AvgIpc) is 3.02. The molecule has 2 unspecified atom stereocenters. The summed E-state index contributed by atoms with van der Waals surface area (Å²) in [5.74, 6) is -3.23. The first-order chi connectivity index (χ1) is 12.7. The van der Waals surface area contributed by atoms with Crippen LogP contribution in [0.2, 0.25) is 10.0 Å². The van der Waals surface area contributed by atoms with Gasteiger partial charge in [0.2, 0.25) is 5.89 Å². The van der Waals surface area contributed by atoms with Crippen LogP contribution in [0.1, 0.15) is 32.1 Å². The summed E-state index contributed by atoms with van der Waals surface area (Å²) in [6.07, 6.45) is 1.69. The van der Waals surface area contributed by atoms with Crippen molar-refractivity contribution in [3.63, 3.8) is 0 Å². The van der Waals surface area contributed by atoms with Crippen LogP contribution in [-0.2, 0) is 9.59 Å². The number of carbonyl (C=O) groups is 2. The topological polar surface area (TPSA) is 113 Å². The second kappa shape index (κ2) is 9.21. The third-order valence-corrected chi connectivity index (χ3v) is 4.29. The molecule has 0 radical (unpaired) electrons. The first-order valence-electron chi connectivity index (χ1n) is 8.28. The Labute approximate surface area is 166 Å². The summed E-state index contributed by atoms with van der Waals surface area (Å²) in [7, 11) is 0. The summed E-state index contributed by atoms with van der Waals surface area (Å²) in [5.41, 5.74) is 0.973. The maximum atomic E-state index is 11.6. The summed E-state index contributed by atoms with van der Waals surface area (Å²) < 4.78 is 5.33. The molecule has 0 spiro atoms. The van der Waals surface area contributed by atoms with Crippen LogP contribution in [0.5, 0.6) is 0 Å². The van der Waals surface area contributed by atoms with E-state index in [1.54, 1.807) is 18.2 Å². The number of nitrogens with one attached hydrogen (secondary N) is 1. The van der Waals surface area contributed by atoms with Gasteiger partial charge in [0.05, 0.1) is 0 Å². The molecule has 1 aromatic carbocycles. The number of carboxylic acid groups (broad SMARTS) is 2. The Morgan fingerprint density at radius 1 is 1.15 bits per heavy atom. The number of nitrogens with zero attached hydrogens (tertiary/aromatic N) is 1. The van der Waals surface area contributed by atoms with Gasteiger partial charge in [0.25, 0.3) is 0 Å². The maximum absolute atomic E-state index is 11.6. The van der Waals surface area contributed by atoms with E-state index < -0.39 is 23.9 Å². The molecule has 7 nitrogen and oxygen atoms in total. The second-order valence-electron chi connectivity index (χ2n) is 6.55. The van der Waals surface area contributed by atoms with Crippen molar-refractivity contribution in [3.8, 4) is 11.3 Å². The Morgan fingerprint density at radius 3 is 2.30 bits per heavy atom. The molecule has 9 heteroatoms. The van der Waals surface area contributed by atoms with Crippen LogP contribution in [0, 0.1) is 5.92 Å². The number of benzene rings is 1. The van der Waals surface area contributed by atoms with E-state index in [0.29, 0.717) is 27.7 Å². The molecule has 0 aliphatic carbocycles. The summed E-state index contributed by atoms with van der Waals surface area (Å²) in [6.45, 7) is 3.65. The number of hydrogen-bond donors (Lipinski definition) is 3. The minimum absolute atomic E-state index is 0.0326. The molecule has 0 saturated carbocycles. The van der Waals surface area contributed by atoms with Gasteiger partial charge >= 0.3 is 11.9 Å². The predicted octanol–water partition coefficient (Wildman–Crippen LogP) is 3.91. The van der Waals surface area contributed by atoms with E-state index in [0.717, 1.165) is 0 Å². The number of halogens is 2. The van der Waals surface area contributed by atoms with Crippen molar-refractivity contribution in [2.45, 2.75) is 32.2 Å². The molecule has 0 fully saturated rings. The van der Waals surface area contributed by atoms with Crippen LogP contribution in [0.15, 0.2) is 28.9 Å². The molecule has 27 heavy (non-hydrogen) atoms. The van der Waals surface area contributed by atoms with Gasteiger partial charge in [-0.15, -0.1) is 0 Å². The van der Waals surface area contributed by atoms with Crippen molar-refractivity contribution in [3.05, 3.63) is 40.4 Å². The van der Waals surface area contributed by atoms with Gasteiger partial charge in [-0.2, -0.15) is 0 Å². The average molecular weight is 415 g/mol. The fraction of sp³-hybridized carbons (Fsp3) is 0.389. The Kier molecular flexibility index (Phi) is 7.24. The standard InChI is InChI=1S/C18H20Cl2N2O5/c1-9(2)3-14(18(25)26)21-7-13(17(23)24)16-22-15(8-27-16)10-4-11(19)6-12(20)5-10/h4-6,8-9,13-14,21H,3,7H2,1-2H3,(H,23,24)(H,25,26). The third kappa shape index (κ3) is 5.95. The highest BCUT2D eigenvalue weighted by Gasteiger charge is 2.28. The predicted molar refractivity (Wildman–Crippen MR) is 101 cm³/mol. The lowest BCUT2D eigenvalue weighted by Crippen LogP contribution is -2.41. The molecular formula is C18H20Cl2N2O5. The maximum Gasteiger partial charge on any atom is 0.320 e. The largest absolute Gasteiger partial charge is 0.481 e. The minimum Gasteiger partial charge on any atom is -0.481 e. The molecule has 3 N–H and O–H groups in total. The zero-order valence-corrected chi connectivity index (χ0v) is 16.3. The minimum atomic E-state index is -1.17. The van der Waals surface area contributed by atoms with E-state index in [1.165, 1.54) is 6.26 Å². The van der Waals surface area contributed by atoms with Crippen LogP contribution in [-0.4, -0.2) is 39.7 Å². The van der Waals surface area contributed by atoms with Gasteiger partial charge in [-0.25, -0.2) is 4.98 Å². The number of aromatic nitrogens is 1. The molecule has 0 amide bonds. The van der Waals surface area contributed by atoms with E-state index >= 15 is 0 Å². The van der Waals surface area contributed by atoms with Gasteiger partial charge in [0.15, 0.2) is 0 Å². The SMILES string of the molecule is CC(C)CC(NCC(C(=O)O)c1nc(-c2cc(Cl)cc(Cl)c2)co1)C(=O)O. The lowest BCUT2D eigenvalue weighted by atomic mass is 10.0. The molecule has 2 rings (SSSR count). The number of aliphatic carboxylic acids is 2. The van der Waals surface area contributed by atoms with E-state index in [2.05, 4.69) is 10.3 Å². The summed E-state index contributed by atoms with van der Waals surface area (Å²) in [6, 6.07) is 3.98. The molecule has 1 heterocycles. The lowest BCUT2D eigenvalue weighted by molar-refractivity contribution is -0.142. The smallest absolute Gasteiger partial charge is 0.320 e. The normalized spacial score (nSPS) is 13.5. The first kappa shape index (κ1) is 21.2. The quantitative estimate of drug-likeness (QED) is 0.569. The molecule has 146 valence electrons. The molecular weight excluding hydrogens is 395 g/mol. The van der Waals surface area contributed by atoms with Gasteiger partial charge in [-0.3, -0.25) is 9.59 Å². The molecule has 0 saturated heterocycles. The van der Waals surface area contributed by atoms with Crippen molar-refractivity contribution in [2.24, 2.45) is 5.92 Å². The first-order valence-corrected chi connectivity index (χ1v) is 9.03. The summed E-state index contributed by atoms with van der Waals surface area (Å²) in [5, 5.41) is 22.4. The number of carboxylic acids is 2. The summed E-state index contributed by atoms with van der Waals surface area (Å²) in [4.78, 5) is 27.2. The lowest BCUT2D eigenvalue weighted by Gasteiger charge is -2.18. The van der Waals surface area contributed by atoms with Crippen molar-refractivity contribution >= 4 is 35.1 Å².